The molecule has 3 rings (SSSR count). The fourth-order valence-electron chi connectivity index (χ4n) is 7.28. The summed E-state index contributed by atoms with van der Waals surface area (Å²) in [5.41, 5.74) is 0.846. The molecular formula is C37H66O8. The molecule has 0 unspecified atom stereocenters. The van der Waals surface area contributed by atoms with E-state index >= 15 is 0 Å². The quantitative estimate of drug-likeness (QED) is 0.0634. The monoisotopic (exact) mass is 638 g/mol. The highest BCUT2D eigenvalue weighted by atomic mass is 16.5. The molecule has 8 heteroatoms. The van der Waals surface area contributed by atoms with E-state index in [0.717, 1.165) is 82.6 Å². The molecule has 2 fully saturated rings. The minimum absolute atomic E-state index is 0.0675. The smallest absolute Gasteiger partial charge is 0.334 e. The van der Waals surface area contributed by atoms with Crippen LogP contribution in [-0.2, 0) is 19.0 Å². The number of carbonyl (C=O) groups is 1. The summed E-state index contributed by atoms with van der Waals surface area (Å²) in [6, 6.07) is 0. The van der Waals surface area contributed by atoms with E-state index in [0.29, 0.717) is 25.7 Å². The maximum absolute atomic E-state index is 11.7. The van der Waals surface area contributed by atoms with E-state index in [2.05, 4.69) is 6.92 Å². The van der Waals surface area contributed by atoms with E-state index in [9.17, 15) is 25.2 Å². The van der Waals surface area contributed by atoms with Gasteiger partial charge in [-0.05, 0) is 96.5 Å². The Morgan fingerprint density at radius 1 is 0.667 bits per heavy atom. The summed E-state index contributed by atoms with van der Waals surface area (Å²) < 4.78 is 17.4. The van der Waals surface area contributed by atoms with Crippen LogP contribution < -0.4 is 0 Å². The van der Waals surface area contributed by atoms with Gasteiger partial charge in [-0.3, -0.25) is 0 Å². The number of cyclic esters (lactones) is 1. The molecule has 262 valence electrons. The Labute approximate surface area is 273 Å². The minimum atomic E-state index is -0.654. The van der Waals surface area contributed by atoms with Crippen LogP contribution in [0.15, 0.2) is 11.6 Å². The van der Waals surface area contributed by atoms with Crippen LogP contribution in [0, 0.1) is 0 Å². The maximum atomic E-state index is 11.7. The third-order valence-electron chi connectivity index (χ3n) is 10.2. The molecule has 2 saturated heterocycles. The first-order valence-electron chi connectivity index (χ1n) is 18.7. The SMILES string of the molecule is CCCCCC[C@H](O)CCC[C@H](O)[C@H]1CC[C@H]([C@H](O)CC[C@H](O)[C@H]2CC[C@@H](CCCCCCCCCC3=C[C@H](C)OC3=O)O2)O1. The predicted molar refractivity (Wildman–Crippen MR) is 177 cm³/mol. The topological polar surface area (TPSA) is 126 Å². The first-order valence-corrected chi connectivity index (χ1v) is 18.7. The molecule has 0 bridgehead atoms. The third kappa shape index (κ3) is 14.7. The molecule has 0 aromatic carbocycles. The van der Waals surface area contributed by atoms with E-state index in [-0.39, 0.29) is 42.6 Å². The van der Waals surface area contributed by atoms with Crippen molar-refractivity contribution in [1.29, 1.82) is 0 Å². The summed E-state index contributed by atoms with van der Waals surface area (Å²) >= 11 is 0. The van der Waals surface area contributed by atoms with Crippen molar-refractivity contribution >= 4 is 5.97 Å². The number of rotatable bonds is 25. The van der Waals surface area contributed by atoms with Crippen molar-refractivity contribution in [1.82, 2.24) is 0 Å². The molecule has 3 aliphatic heterocycles. The molecule has 4 N–H and O–H groups in total. The number of ether oxygens (including phenoxy) is 3. The Bertz CT molecular complexity index is 833. The van der Waals surface area contributed by atoms with Crippen molar-refractivity contribution in [3.05, 3.63) is 11.6 Å². The molecule has 0 amide bonds. The second-order valence-electron chi connectivity index (χ2n) is 14.2. The van der Waals surface area contributed by atoms with Crippen LogP contribution in [0.4, 0.5) is 0 Å². The van der Waals surface area contributed by atoms with E-state index in [1.807, 2.05) is 13.0 Å². The Kier molecular flexibility index (Phi) is 18.6. The molecule has 0 aromatic rings. The van der Waals surface area contributed by atoms with Crippen LogP contribution in [0.3, 0.4) is 0 Å². The van der Waals surface area contributed by atoms with Gasteiger partial charge >= 0.3 is 5.97 Å². The average Bonchev–Trinajstić information content (AvgIpc) is 3.77. The second kappa shape index (κ2) is 21.8. The molecule has 0 aromatic heterocycles. The highest BCUT2D eigenvalue weighted by molar-refractivity contribution is 5.90. The van der Waals surface area contributed by atoms with Gasteiger partial charge in [0, 0.05) is 5.57 Å². The lowest BCUT2D eigenvalue weighted by Crippen LogP contribution is -2.33. The lowest BCUT2D eigenvalue weighted by molar-refractivity contribution is -0.139. The van der Waals surface area contributed by atoms with Crippen LogP contribution in [0.5, 0.6) is 0 Å². The van der Waals surface area contributed by atoms with Crippen molar-refractivity contribution in [2.75, 3.05) is 0 Å². The Morgan fingerprint density at radius 3 is 1.87 bits per heavy atom. The van der Waals surface area contributed by atoms with Gasteiger partial charge in [0.05, 0.1) is 48.8 Å². The molecule has 9 atom stereocenters. The summed E-state index contributed by atoms with van der Waals surface area (Å²) in [4.78, 5) is 11.7. The molecular weight excluding hydrogens is 572 g/mol. The van der Waals surface area contributed by atoms with Crippen LogP contribution in [0.2, 0.25) is 0 Å². The number of aliphatic hydroxyl groups excluding tert-OH is 4. The van der Waals surface area contributed by atoms with Gasteiger partial charge in [0.15, 0.2) is 0 Å². The zero-order valence-corrected chi connectivity index (χ0v) is 28.5. The summed E-state index contributed by atoms with van der Waals surface area (Å²) in [5.74, 6) is -0.138. The molecule has 3 heterocycles. The van der Waals surface area contributed by atoms with Crippen molar-refractivity contribution in [3.63, 3.8) is 0 Å². The predicted octanol–water partition coefficient (Wildman–Crippen LogP) is 6.83. The number of aliphatic hydroxyl groups is 4. The summed E-state index contributed by atoms with van der Waals surface area (Å²) in [6.45, 7) is 4.09. The standard InChI is InChI=1S/C37H66O8/c1-3-4-5-12-16-29(38)17-14-19-31(39)35-24-25-36(45-35)33(41)22-21-32(40)34-23-20-30(44-34)18-13-10-8-6-7-9-11-15-28-26-27(2)43-37(28)42/h26-27,29-36,38-41H,3-25H2,1-2H3/t27-,29-,30+,31-,32-,33+,34+,35+,36+/m0/s1. The van der Waals surface area contributed by atoms with Crippen molar-refractivity contribution in [2.45, 2.75) is 216 Å². The number of hydrogen-bond donors (Lipinski definition) is 4. The minimum Gasteiger partial charge on any atom is -0.455 e. The van der Waals surface area contributed by atoms with Crippen LogP contribution in [0.25, 0.3) is 0 Å². The molecule has 8 nitrogen and oxygen atoms in total. The average molecular weight is 639 g/mol. The molecule has 0 saturated carbocycles. The number of hydrogen-bond acceptors (Lipinski definition) is 8. The second-order valence-corrected chi connectivity index (χ2v) is 14.2. The van der Waals surface area contributed by atoms with E-state index in [4.69, 9.17) is 14.2 Å². The van der Waals surface area contributed by atoms with Gasteiger partial charge in [-0.25, -0.2) is 4.79 Å². The maximum Gasteiger partial charge on any atom is 0.334 e. The summed E-state index contributed by atoms with van der Waals surface area (Å²) in [7, 11) is 0. The number of unbranched alkanes of at least 4 members (excludes halogenated alkanes) is 9. The number of esters is 1. The first-order chi connectivity index (χ1) is 21.8. The summed E-state index contributed by atoms with van der Waals surface area (Å²) in [5, 5.41) is 42.3. The van der Waals surface area contributed by atoms with Gasteiger partial charge in [0.2, 0.25) is 0 Å². The highest BCUT2D eigenvalue weighted by Gasteiger charge is 2.36. The van der Waals surface area contributed by atoms with Crippen molar-refractivity contribution in [2.24, 2.45) is 0 Å². The molecule has 0 spiro atoms. The van der Waals surface area contributed by atoms with E-state index in [1.54, 1.807) is 0 Å². The van der Waals surface area contributed by atoms with Gasteiger partial charge < -0.3 is 34.6 Å². The lowest BCUT2D eigenvalue weighted by atomic mass is 9.98. The van der Waals surface area contributed by atoms with Crippen LogP contribution in [-0.4, -0.2) is 81.3 Å². The molecule has 0 aliphatic carbocycles. The lowest BCUT2D eigenvalue weighted by Gasteiger charge is -2.24. The van der Waals surface area contributed by atoms with Crippen LogP contribution >= 0.6 is 0 Å². The molecule has 45 heavy (non-hydrogen) atoms. The van der Waals surface area contributed by atoms with Crippen molar-refractivity contribution < 1.29 is 39.4 Å². The van der Waals surface area contributed by atoms with Gasteiger partial charge in [-0.2, -0.15) is 0 Å². The van der Waals surface area contributed by atoms with Gasteiger partial charge in [0.1, 0.15) is 6.10 Å². The normalized spacial score (nSPS) is 27.8. The van der Waals surface area contributed by atoms with Gasteiger partial charge in [-0.15, -0.1) is 0 Å². The van der Waals surface area contributed by atoms with Crippen molar-refractivity contribution in [3.8, 4) is 0 Å². The van der Waals surface area contributed by atoms with Gasteiger partial charge in [0.25, 0.3) is 0 Å². The Hall–Kier alpha value is -1.03. The first kappa shape index (κ1) is 38.4. The number of carbonyl (C=O) groups excluding carboxylic acids is 1. The van der Waals surface area contributed by atoms with E-state index < -0.39 is 18.3 Å². The van der Waals surface area contributed by atoms with E-state index in [1.165, 1.54) is 44.9 Å². The highest BCUT2D eigenvalue weighted by Crippen LogP contribution is 2.31. The zero-order valence-electron chi connectivity index (χ0n) is 28.5. The Morgan fingerprint density at radius 2 is 1.22 bits per heavy atom. The fourth-order valence-corrected chi connectivity index (χ4v) is 7.28. The fraction of sp³-hybridized carbons (Fsp3) is 0.919. The van der Waals surface area contributed by atoms with Crippen LogP contribution in [0.1, 0.15) is 162 Å². The Balaban J connectivity index is 1.16. The zero-order chi connectivity index (χ0) is 32.4. The van der Waals surface area contributed by atoms with Gasteiger partial charge in [-0.1, -0.05) is 71.1 Å². The third-order valence-corrected chi connectivity index (χ3v) is 10.2. The molecule has 0 radical (unpaired) electrons. The largest absolute Gasteiger partial charge is 0.455 e. The molecule has 3 aliphatic rings. The summed E-state index contributed by atoms with van der Waals surface area (Å²) in [6.07, 6.45) is 21.2.